The molecule has 1 amide bonds. The van der Waals surface area contributed by atoms with E-state index < -0.39 is 5.72 Å². The van der Waals surface area contributed by atoms with Gasteiger partial charge in [-0.05, 0) is 38.0 Å². The van der Waals surface area contributed by atoms with Crippen LogP contribution in [0.4, 0.5) is 0 Å². The van der Waals surface area contributed by atoms with Gasteiger partial charge >= 0.3 is 0 Å². The molecule has 1 aromatic carbocycles. The van der Waals surface area contributed by atoms with Gasteiger partial charge in [0.2, 0.25) is 0 Å². The summed E-state index contributed by atoms with van der Waals surface area (Å²) in [6, 6.07) is 7.23. The lowest BCUT2D eigenvalue weighted by molar-refractivity contribution is -0.122. The average Bonchev–Trinajstić information content (AvgIpc) is 2.83. The van der Waals surface area contributed by atoms with Crippen LogP contribution < -0.4 is 0 Å². The molecule has 2 aliphatic rings. The fraction of sp³-hybridized carbons (Fsp3) is 0.529. The molecule has 0 bridgehead atoms. The molecule has 0 saturated heterocycles. The molecular weight excluding hydrogens is 344 g/mol. The van der Waals surface area contributed by atoms with Crippen LogP contribution >= 0.6 is 15.9 Å². The first-order valence-corrected chi connectivity index (χ1v) is 8.66. The van der Waals surface area contributed by atoms with Crippen LogP contribution in [0.1, 0.15) is 55.8 Å². The summed E-state index contributed by atoms with van der Waals surface area (Å²) in [4.78, 5) is 12.8. The SMILES string of the molecule is CC1=NN(C(=O)c2cccc(Br)c2)C(O)(C2CCCCC2)C1. The third-order valence-electron chi connectivity index (χ3n) is 4.68. The minimum atomic E-state index is -1.16. The fourth-order valence-electron chi connectivity index (χ4n) is 3.59. The van der Waals surface area contributed by atoms with Crippen molar-refractivity contribution in [1.82, 2.24) is 5.01 Å². The van der Waals surface area contributed by atoms with Crippen LogP contribution in [0, 0.1) is 5.92 Å². The molecule has 0 aromatic heterocycles. The first kappa shape index (κ1) is 15.7. The zero-order valence-corrected chi connectivity index (χ0v) is 14.3. The molecule has 4 nitrogen and oxygen atoms in total. The molecule has 0 spiro atoms. The summed E-state index contributed by atoms with van der Waals surface area (Å²) < 4.78 is 0.847. The zero-order chi connectivity index (χ0) is 15.7. The summed E-state index contributed by atoms with van der Waals surface area (Å²) >= 11 is 3.39. The van der Waals surface area contributed by atoms with Gasteiger partial charge in [-0.3, -0.25) is 4.79 Å². The minimum Gasteiger partial charge on any atom is -0.368 e. The Morgan fingerprint density at radius 1 is 1.36 bits per heavy atom. The predicted molar refractivity (Wildman–Crippen MR) is 89.6 cm³/mol. The molecule has 1 heterocycles. The van der Waals surface area contributed by atoms with E-state index in [9.17, 15) is 9.90 Å². The van der Waals surface area contributed by atoms with Crippen LogP contribution in [-0.2, 0) is 0 Å². The van der Waals surface area contributed by atoms with Crippen LogP contribution in [0.3, 0.4) is 0 Å². The van der Waals surface area contributed by atoms with Crippen molar-refractivity contribution in [3.8, 4) is 0 Å². The lowest BCUT2D eigenvalue weighted by atomic mass is 9.79. The summed E-state index contributed by atoms with van der Waals surface area (Å²) in [6.45, 7) is 1.88. The summed E-state index contributed by atoms with van der Waals surface area (Å²) in [5.74, 6) is -0.121. The fourth-order valence-corrected chi connectivity index (χ4v) is 3.99. The maximum atomic E-state index is 12.8. The number of halogens is 1. The summed E-state index contributed by atoms with van der Waals surface area (Å²) in [5.41, 5.74) is 0.197. The molecule has 3 rings (SSSR count). The lowest BCUT2D eigenvalue weighted by Gasteiger charge is -2.40. The number of nitrogens with zero attached hydrogens (tertiary/aromatic N) is 2. The Morgan fingerprint density at radius 3 is 2.77 bits per heavy atom. The molecule has 0 radical (unpaired) electrons. The highest BCUT2D eigenvalue weighted by atomic mass is 79.9. The van der Waals surface area contributed by atoms with Crippen LogP contribution in [-0.4, -0.2) is 27.5 Å². The van der Waals surface area contributed by atoms with Crippen molar-refractivity contribution in [1.29, 1.82) is 0 Å². The van der Waals surface area contributed by atoms with E-state index in [4.69, 9.17) is 0 Å². The highest BCUT2D eigenvalue weighted by molar-refractivity contribution is 9.10. The van der Waals surface area contributed by atoms with Crippen LogP contribution in [0.5, 0.6) is 0 Å². The third-order valence-corrected chi connectivity index (χ3v) is 5.17. The maximum Gasteiger partial charge on any atom is 0.276 e. The van der Waals surface area contributed by atoms with Gasteiger partial charge in [0.15, 0.2) is 5.72 Å². The van der Waals surface area contributed by atoms with Crippen LogP contribution in [0.15, 0.2) is 33.8 Å². The molecule has 1 saturated carbocycles. The number of hydrogen-bond donors (Lipinski definition) is 1. The molecule has 1 atom stereocenters. The van der Waals surface area contributed by atoms with Crippen molar-refractivity contribution >= 4 is 27.5 Å². The molecule has 1 aromatic rings. The van der Waals surface area contributed by atoms with E-state index in [1.165, 1.54) is 11.4 Å². The normalized spacial score (nSPS) is 26.1. The Balaban J connectivity index is 1.90. The quantitative estimate of drug-likeness (QED) is 0.863. The number of rotatable bonds is 2. The number of carbonyl (C=O) groups excluding carboxylic acids is 1. The minimum absolute atomic E-state index is 0.110. The van der Waals surface area contributed by atoms with Crippen molar-refractivity contribution < 1.29 is 9.90 Å². The van der Waals surface area contributed by atoms with Crippen molar-refractivity contribution in [3.63, 3.8) is 0 Å². The van der Waals surface area contributed by atoms with E-state index in [0.29, 0.717) is 12.0 Å². The maximum absolute atomic E-state index is 12.8. The molecule has 1 aliphatic carbocycles. The summed E-state index contributed by atoms with van der Waals surface area (Å²) in [5, 5.41) is 16.9. The van der Waals surface area contributed by atoms with Gasteiger partial charge in [-0.2, -0.15) is 10.1 Å². The molecule has 22 heavy (non-hydrogen) atoms. The van der Waals surface area contributed by atoms with Gasteiger partial charge in [-0.25, -0.2) is 0 Å². The molecule has 1 unspecified atom stereocenters. The van der Waals surface area contributed by atoms with E-state index in [1.54, 1.807) is 12.1 Å². The van der Waals surface area contributed by atoms with E-state index in [0.717, 1.165) is 35.9 Å². The molecule has 5 heteroatoms. The Labute approximate surface area is 139 Å². The van der Waals surface area contributed by atoms with Crippen molar-refractivity contribution in [2.45, 2.75) is 51.2 Å². The Bertz CT molecular complexity index is 610. The standard InChI is InChI=1S/C17H21BrN2O2/c1-12-11-17(22,14-7-3-2-4-8-14)20(19-12)16(21)13-6-5-9-15(18)10-13/h5-6,9-10,14,22H,2-4,7-8,11H2,1H3. The topological polar surface area (TPSA) is 52.9 Å². The van der Waals surface area contributed by atoms with Crippen LogP contribution in [0.25, 0.3) is 0 Å². The Hall–Kier alpha value is -1.20. The van der Waals surface area contributed by atoms with Gasteiger partial charge in [0.1, 0.15) is 0 Å². The average molecular weight is 365 g/mol. The lowest BCUT2D eigenvalue weighted by Crippen LogP contribution is -2.52. The Kier molecular flexibility index (Phi) is 4.37. The second-order valence-corrected chi connectivity index (χ2v) is 7.27. The van der Waals surface area contributed by atoms with Gasteiger partial charge in [0.05, 0.1) is 0 Å². The van der Waals surface area contributed by atoms with Crippen LogP contribution in [0.2, 0.25) is 0 Å². The largest absolute Gasteiger partial charge is 0.368 e. The highest BCUT2D eigenvalue weighted by Gasteiger charge is 2.49. The number of hydrogen-bond acceptors (Lipinski definition) is 3. The molecule has 1 aliphatic heterocycles. The van der Waals surface area contributed by atoms with Crippen molar-refractivity contribution in [3.05, 3.63) is 34.3 Å². The van der Waals surface area contributed by atoms with E-state index in [2.05, 4.69) is 21.0 Å². The first-order valence-electron chi connectivity index (χ1n) is 7.87. The number of hydrazone groups is 1. The summed E-state index contributed by atoms with van der Waals surface area (Å²) in [6.07, 6.45) is 5.82. The zero-order valence-electron chi connectivity index (χ0n) is 12.8. The smallest absolute Gasteiger partial charge is 0.276 e. The highest BCUT2D eigenvalue weighted by Crippen LogP contribution is 2.41. The molecular formula is C17H21BrN2O2. The second-order valence-electron chi connectivity index (χ2n) is 6.35. The molecule has 1 N–H and O–H groups in total. The first-order chi connectivity index (χ1) is 10.5. The van der Waals surface area contributed by atoms with Gasteiger partial charge < -0.3 is 5.11 Å². The van der Waals surface area contributed by atoms with Crippen molar-refractivity contribution in [2.24, 2.45) is 11.0 Å². The van der Waals surface area contributed by atoms with E-state index >= 15 is 0 Å². The van der Waals surface area contributed by atoms with Crippen molar-refractivity contribution in [2.75, 3.05) is 0 Å². The molecule has 1 fully saturated rings. The van der Waals surface area contributed by atoms with E-state index in [-0.39, 0.29) is 11.8 Å². The van der Waals surface area contributed by atoms with Gasteiger partial charge in [0.25, 0.3) is 5.91 Å². The monoisotopic (exact) mass is 364 g/mol. The van der Waals surface area contributed by atoms with Gasteiger partial charge in [-0.1, -0.05) is 41.3 Å². The van der Waals surface area contributed by atoms with Gasteiger partial charge in [-0.15, -0.1) is 0 Å². The van der Waals surface area contributed by atoms with Gasteiger partial charge in [0, 0.05) is 28.1 Å². The number of aliphatic hydroxyl groups is 1. The number of carbonyl (C=O) groups is 1. The predicted octanol–water partition coefficient (Wildman–Crippen LogP) is 3.94. The van der Waals surface area contributed by atoms with E-state index in [1.807, 2.05) is 19.1 Å². The second kappa shape index (κ2) is 6.13. The Morgan fingerprint density at radius 2 is 2.09 bits per heavy atom. The molecule has 118 valence electrons. The third kappa shape index (κ3) is 2.84. The number of amides is 1. The summed E-state index contributed by atoms with van der Waals surface area (Å²) in [7, 11) is 0. The number of benzene rings is 1.